The number of hydrogen-bond donors (Lipinski definition) is 2. The maximum Gasteiger partial charge on any atom is 0.344 e. The number of hydrogen-bond acceptors (Lipinski definition) is 5. The Balaban J connectivity index is 1.46. The van der Waals surface area contributed by atoms with Crippen molar-refractivity contribution in [2.75, 3.05) is 18.5 Å². The molecule has 0 unspecified atom stereocenters. The van der Waals surface area contributed by atoms with Gasteiger partial charge in [0.25, 0.3) is 11.8 Å². The highest BCUT2D eigenvalue weighted by Gasteiger charge is 2.20. The number of halogens is 1. The van der Waals surface area contributed by atoms with Crippen LogP contribution in [0.3, 0.4) is 0 Å². The minimum Gasteiger partial charge on any atom is -0.482 e. The molecule has 0 bridgehead atoms. The van der Waals surface area contributed by atoms with E-state index in [0.717, 1.165) is 30.2 Å². The summed E-state index contributed by atoms with van der Waals surface area (Å²) in [5, 5.41) is 5.63. The number of carbonyl (C=O) groups excluding carboxylic acids is 3. The molecule has 0 aliphatic heterocycles. The predicted molar refractivity (Wildman–Crippen MR) is 115 cm³/mol. The van der Waals surface area contributed by atoms with Gasteiger partial charge < -0.3 is 20.1 Å². The first-order chi connectivity index (χ1) is 14.5. The third-order valence-corrected chi connectivity index (χ3v) is 5.20. The molecule has 0 heterocycles. The van der Waals surface area contributed by atoms with Gasteiger partial charge in [0.05, 0.1) is 11.3 Å². The van der Waals surface area contributed by atoms with Gasteiger partial charge in [0, 0.05) is 10.5 Å². The van der Waals surface area contributed by atoms with E-state index < -0.39 is 18.5 Å². The van der Waals surface area contributed by atoms with E-state index in [4.69, 9.17) is 9.47 Å². The standard InChI is InChI=1S/C22H23BrN2O5/c23-15-9-11-17(12-10-15)29-14-21(27)30-13-20(26)25-19-8-4-3-7-18(19)22(28)24-16-5-1-2-6-16/h3-4,7-12,16H,1-2,5-6,13-14H2,(H,24,28)(H,25,26). The van der Waals surface area contributed by atoms with Gasteiger partial charge in [-0.2, -0.15) is 0 Å². The van der Waals surface area contributed by atoms with Gasteiger partial charge in [0.15, 0.2) is 13.2 Å². The minimum absolute atomic E-state index is 0.174. The maximum absolute atomic E-state index is 12.5. The fourth-order valence-corrected chi connectivity index (χ4v) is 3.43. The highest BCUT2D eigenvalue weighted by molar-refractivity contribution is 9.10. The molecule has 1 aliphatic rings. The average molecular weight is 475 g/mol. The third-order valence-electron chi connectivity index (χ3n) is 4.67. The van der Waals surface area contributed by atoms with Crippen LogP contribution in [-0.4, -0.2) is 37.0 Å². The van der Waals surface area contributed by atoms with E-state index in [1.165, 1.54) is 0 Å². The zero-order valence-electron chi connectivity index (χ0n) is 16.4. The van der Waals surface area contributed by atoms with Crippen LogP contribution in [0.15, 0.2) is 53.0 Å². The molecule has 2 aromatic rings. The van der Waals surface area contributed by atoms with Crippen molar-refractivity contribution in [3.63, 3.8) is 0 Å². The van der Waals surface area contributed by atoms with Gasteiger partial charge in [0.1, 0.15) is 5.75 Å². The number of amides is 2. The predicted octanol–water partition coefficient (Wildman–Crippen LogP) is 3.68. The number of anilines is 1. The smallest absolute Gasteiger partial charge is 0.344 e. The van der Waals surface area contributed by atoms with Crippen molar-refractivity contribution in [1.29, 1.82) is 0 Å². The van der Waals surface area contributed by atoms with Gasteiger partial charge in [-0.1, -0.05) is 40.9 Å². The Morgan fingerprint density at radius 1 is 0.967 bits per heavy atom. The maximum atomic E-state index is 12.5. The lowest BCUT2D eigenvalue weighted by atomic mass is 10.1. The van der Waals surface area contributed by atoms with Crippen molar-refractivity contribution in [2.45, 2.75) is 31.7 Å². The van der Waals surface area contributed by atoms with Crippen LogP contribution in [-0.2, 0) is 14.3 Å². The summed E-state index contributed by atoms with van der Waals surface area (Å²) in [6.07, 6.45) is 4.16. The molecule has 2 amide bonds. The first-order valence-corrected chi connectivity index (χ1v) is 10.5. The topological polar surface area (TPSA) is 93.7 Å². The van der Waals surface area contributed by atoms with Crippen LogP contribution in [0.1, 0.15) is 36.0 Å². The molecule has 2 N–H and O–H groups in total. The fourth-order valence-electron chi connectivity index (χ4n) is 3.17. The lowest BCUT2D eigenvalue weighted by Gasteiger charge is -2.15. The van der Waals surface area contributed by atoms with E-state index in [9.17, 15) is 14.4 Å². The molecule has 0 saturated heterocycles. The summed E-state index contributed by atoms with van der Waals surface area (Å²) in [6.45, 7) is -0.781. The Morgan fingerprint density at radius 2 is 1.67 bits per heavy atom. The Morgan fingerprint density at radius 3 is 2.40 bits per heavy atom. The molecule has 0 aromatic heterocycles. The van der Waals surface area contributed by atoms with E-state index in [-0.39, 0.29) is 18.6 Å². The molecule has 8 heteroatoms. The van der Waals surface area contributed by atoms with Crippen LogP contribution in [0.25, 0.3) is 0 Å². The van der Waals surface area contributed by atoms with Gasteiger partial charge in [-0.25, -0.2) is 4.79 Å². The van der Waals surface area contributed by atoms with Crippen molar-refractivity contribution in [2.24, 2.45) is 0 Å². The fraction of sp³-hybridized carbons (Fsp3) is 0.318. The quantitative estimate of drug-likeness (QED) is 0.569. The number of ether oxygens (including phenoxy) is 2. The van der Waals surface area contributed by atoms with E-state index >= 15 is 0 Å². The summed E-state index contributed by atoms with van der Waals surface area (Å²) in [5.41, 5.74) is 0.753. The van der Waals surface area contributed by atoms with Gasteiger partial charge in [-0.15, -0.1) is 0 Å². The molecular weight excluding hydrogens is 452 g/mol. The molecule has 1 saturated carbocycles. The highest BCUT2D eigenvalue weighted by atomic mass is 79.9. The summed E-state index contributed by atoms with van der Waals surface area (Å²) in [4.78, 5) is 36.5. The number of carbonyl (C=O) groups is 3. The number of para-hydroxylation sites is 1. The summed E-state index contributed by atoms with van der Waals surface area (Å²) >= 11 is 3.31. The van der Waals surface area contributed by atoms with Crippen molar-refractivity contribution in [3.05, 3.63) is 58.6 Å². The largest absolute Gasteiger partial charge is 0.482 e. The Hall–Kier alpha value is -2.87. The molecule has 0 spiro atoms. The van der Waals surface area contributed by atoms with Crippen molar-refractivity contribution >= 4 is 39.4 Å². The van der Waals surface area contributed by atoms with Crippen molar-refractivity contribution in [1.82, 2.24) is 5.32 Å². The zero-order valence-corrected chi connectivity index (χ0v) is 17.9. The Labute approximate surface area is 183 Å². The number of rotatable bonds is 8. The van der Waals surface area contributed by atoms with Crippen molar-refractivity contribution in [3.8, 4) is 5.75 Å². The second-order valence-corrected chi connectivity index (χ2v) is 7.87. The van der Waals surface area contributed by atoms with Gasteiger partial charge in [0.2, 0.25) is 0 Å². The first kappa shape index (κ1) is 21.8. The van der Waals surface area contributed by atoms with Crippen LogP contribution < -0.4 is 15.4 Å². The van der Waals surface area contributed by atoms with Gasteiger partial charge >= 0.3 is 5.97 Å². The van der Waals surface area contributed by atoms with Gasteiger partial charge in [-0.05, 0) is 49.2 Å². The average Bonchev–Trinajstić information content (AvgIpc) is 3.25. The second kappa shape index (κ2) is 10.8. The van der Waals surface area contributed by atoms with Crippen LogP contribution in [0.4, 0.5) is 5.69 Å². The Kier molecular flexibility index (Phi) is 7.84. The van der Waals surface area contributed by atoms with E-state index in [1.54, 1.807) is 48.5 Å². The van der Waals surface area contributed by atoms with Crippen LogP contribution in [0, 0.1) is 0 Å². The molecular formula is C22H23BrN2O5. The third kappa shape index (κ3) is 6.59. The molecule has 2 aromatic carbocycles. The molecule has 7 nitrogen and oxygen atoms in total. The molecule has 0 radical (unpaired) electrons. The minimum atomic E-state index is -0.666. The van der Waals surface area contributed by atoms with Gasteiger partial charge in [-0.3, -0.25) is 9.59 Å². The summed E-state index contributed by atoms with van der Waals surface area (Å²) < 4.78 is 11.1. The van der Waals surface area contributed by atoms with Crippen LogP contribution >= 0.6 is 15.9 Å². The first-order valence-electron chi connectivity index (χ1n) is 9.75. The zero-order chi connectivity index (χ0) is 21.3. The normalized spacial score (nSPS) is 13.5. The summed E-state index contributed by atoms with van der Waals surface area (Å²) in [6, 6.07) is 13.9. The van der Waals surface area contributed by atoms with E-state index in [2.05, 4.69) is 26.6 Å². The molecule has 1 fully saturated rings. The molecule has 1 aliphatic carbocycles. The second-order valence-electron chi connectivity index (χ2n) is 6.95. The van der Waals surface area contributed by atoms with E-state index in [1.807, 2.05) is 0 Å². The number of esters is 1. The molecule has 30 heavy (non-hydrogen) atoms. The van der Waals surface area contributed by atoms with Crippen LogP contribution in [0.5, 0.6) is 5.75 Å². The SMILES string of the molecule is O=C(COC(=O)COc1ccc(Br)cc1)Nc1ccccc1C(=O)NC1CCCC1. The molecule has 3 rings (SSSR count). The lowest BCUT2D eigenvalue weighted by Crippen LogP contribution is -2.33. The van der Waals surface area contributed by atoms with Crippen LogP contribution in [0.2, 0.25) is 0 Å². The summed E-state index contributed by atoms with van der Waals surface area (Å²) in [5.74, 6) is -0.909. The van der Waals surface area contributed by atoms with Crippen molar-refractivity contribution < 1.29 is 23.9 Å². The van der Waals surface area contributed by atoms with E-state index in [0.29, 0.717) is 17.0 Å². The molecule has 158 valence electrons. The number of nitrogens with one attached hydrogen (secondary N) is 2. The summed E-state index contributed by atoms with van der Waals surface area (Å²) in [7, 11) is 0. The Bertz CT molecular complexity index is 895. The lowest BCUT2D eigenvalue weighted by molar-refractivity contribution is -0.149. The monoisotopic (exact) mass is 474 g/mol. The number of benzene rings is 2. The highest BCUT2D eigenvalue weighted by Crippen LogP contribution is 2.20. The molecule has 0 atom stereocenters.